The van der Waals surface area contributed by atoms with Gasteiger partial charge >= 0.3 is 5.97 Å². The highest BCUT2D eigenvalue weighted by molar-refractivity contribution is 5.85. The zero-order chi connectivity index (χ0) is 13.8. The van der Waals surface area contributed by atoms with E-state index in [9.17, 15) is 14.7 Å². The quantitative estimate of drug-likeness (QED) is 0.806. The lowest BCUT2D eigenvalue weighted by Crippen LogP contribution is -2.33. The number of carbonyl (C=O) groups excluding carboxylic acids is 2. The lowest BCUT2D eigenvalue weighted by Gasteiger charge is -2.14. The fourth-order valence-electron chi connectivity index (χ4n) is 2.01. The average Bonchev–Trinajstić information content (AvgIpc) is 2.65. The van der Waals surface area contributed by atoms with Gasteiger partial charge in [0.25, 0.3) is 0 Å². The second kappa shape index (κ2) is 5.84. The molecule has 0 spiro atoms. The first-order valence-electron chi connectivity index (χ1n) is 6.24. The second-order valence-corrected chi connectivity index (χ2v) is 4.72. The normalized spacial score (nSPS) is 22.6. The lowest BCUT2D eigenvalue weighted by molar-refractivity contribution is -0.149. The number of hydrogen-bond acceptors (Lipinski definition) is 4. The molecular formula is C14H17NO4. The Kier molecular flexibility index (Phi) is 4.16. The Labute approximate surface area is 111 Å². The molecule has 2 atom stereocenters. The highest BCUT2D eigenvalue weighted by Gasteiger charge is 2.36. The number of β-amino-alcohol motifs (C(OH)–C–C–N with tert-alkyl or cyclic N) is 1. The first-order valence-corrected chi connectivity index (χ1v) is 6.24. The van der Waals surface area contributed by atoms with E-state index in [0.29, 0.717) is 0 Å². The van der Waals surface area contributed by atoms with Gasteiger partial charge in [-0.1, -0.05) is 37.3 Å². The fourth-order valence-corrected chi connectivity index (χ4v) is 2.01. The molecule has 1 fully saturated rings. The molecule has 1 aromatic carbocycles. The van der Waals surface area contributed by atoms with Crippen molar-refractivity contribution in [2.24, 2.45) is 5.92 Å². The molecule has 0 bridgehead atoms. The topological polar surface area (TPSA) is 66.8 Å². The minimum atomic E-state index is -0.700. The number of carbonyl (C=O) groups is 2. The number of rotatable bonds is 4. The maximum Gasteiger partial charge on any atom is 0.325 e. The number of esters is 1. The van der Waals surface area contributed by atoms with Crippen LogP contribution in [0.4, 0.5) is 0 Å². The molecule has 1 aromatic rings. The molecule has 1 heterocycles. The molecule has 2 rings (SSSR count). The Hall–Kier alpha value is -1.88. The van der Waals surface area contributed by atoms with Gasteiger partial charge in [-0.3, -0.25) is 9.59 Å². The number of amides is 1. The highest BCUT2D eigenvalue weighted by atomic mass is 16.5. The van der Waals surface area contributed by atoms with Crippen molar-refractivity contribution in [2.45, 2.75) is 19.6 Å². The largest absolute Gasteiger partial charge is 0.459 e. The fraction of sp³-hybridized carbons (Fsp3) is 0.429. The first kappa shape index (κ1) is 13.5. The van der Waals surface area contributed by atoms with Gasteiger partial charge in [-0.05, 0) is 5.56 Å². The molecule has 1 amide bonds. The number of hydrogen-bond donors (Lipinski definition) is 1. The van der Waals surface area contributed by atoms with E-state index in [4.69, 9.17) is 4.74 Å². The lowest BCUT2D eigenvalue weighted by atomic mass is 10.1. The first-order chi connectivity index (χ1) is 9.08. The Bertz CT molecular complexity index is 460. The maximum atomic E-state index is 11.7. The van der Waals surface area contributed by atoms with Crippen LogP contribution in [0.1, 0.15) is 12.5 Å². The summed E-state index contributed by atoms with van der Waals surface area (Å²) < 4.78 is 5.09. The maximum absolute atomic E-state index is 11.7. The Balaban J connectivity index is 1.81. The molecule has 0 saturated carbocycles. The van der Waals surface area contributed by atoms with Crippen molar-refractivity contribution in [3.8, 4) is 0 Å². The van der Waals surface area contributed by atoms with Crippen molar-refractivity contribution in [2.75, 3.05) is 13.1 Å². The van der Waals surface area contributed by atoms with Crippen LogP contribution in [0.5, 0.6) is 0 Å². The SMILES string of the molecule is CC1C(=O)N(CC(=O)OCc2ccccc2)CC1O. The Morgan fingerprint density at radius 1 is 1.42 bits per heavy atom. The summed E-state index contributed by atoms with van der Waals surface area (Å²) in [6.07, 6.45) is -0.700. The molecule has 1 saturated heterocycles. The van der Waals surface area contributed by atoms with Crippen molar-refractivity contribution in [3.05, 3.63) is 35.9 Å². The van der Waals surface area contributed by atoms with Crippen LogP contribution in [0.15, 0.2) is 30.3 Å². The van der Waals surface area contributed by atoms with Gasteiger partial charge in [-0.15, -0.1) is 0 Å². The minimum absolute atomic E-state index is 0.104. The number of likely N-dealkylation sites (tertiary alicyclic amines) is 1. The van der Waals surface area contributed by atoms with Gasteiger partial charge in [0.1, 0.15) is 13.2 Å². The van der Waals surface area contributed by atoms with E-state index < -0.39 is 18.0 Å². The van der Waals surface area contributed by atoms with Gasteiger partial charge < -0.3 is 14.7 Å². The molecule has 1 N–H and O–H groups in total. The van der Waals surface area contributed by atoms with Crippen LogP contribution in [-0.2, 0) is 20.9 Å². The molecular weight excluding hydrogens is 246 g/mol. The molecule has 0 radical (unpaired) electrons. The molecule has 19 heavy (non-hydrogen) atoms. The number of nitrogens with zero attached hydrogens (tertiary/aromatic N) is 1. The summed E-state index contributed by atoms with van der Waals surface area (Å²) in [6, 6.07) is 9.34. The third-order valence-electron chi connectivity index (χ3n) is 3.25. The van der Waals surface area contributed by atoms with Crippen molar-refractivity contribution in [3.63, 3.8) is 0 Å². The number of ether oxygens (including phenoxy) is 1. The molecule has 5 nitrogen and oxygen atoms in total. The van der Waals surface area contributed by atoms with Gasteiger partial charge in [0, 0.05) is 6.54 Å². The third-order valence-corrected chi connectivity index (χ3v) is 3.25. The zero-order valence-corrected chi connectivity index (χ0v) is 10.8. The Morgan fingerprint density at radius 3 is 2.68 bits per heavy atom. The molecule has 1 aliphatic rings. The smallest absolute Gasteiger partial charge is 0.325 e. The summed E-state index contributed by atoms with van der Waals surface area (Å²) in [6.45, 7) is 1.94. The molecule has 0 aliphatic carbocycles. The van der Waals surface area contributed by atoms with Gasteiger partial charge in [0.2, 0.25) is 5.91 Å². The second-order valence-electron chi connectivity index (χ2n) is 4.72. The molecule has 102 valence electrons. The van der Waals surface area contributed by atoms with Crippen molar-refractivity contribution in [1.82, 2.24) is 4.90 Å². The predicted octanol–water partition coefficient (Wildman–Crippen LogP) is 0.569. The van der Waals surface area contributed by atoms with Gasteiger partial charge in [0.15, 0.2) is 0 Å². The predicted molar refractivity (Wildman–Crippen MR) is 68.0 cm³/mol. The van der Waals surface area contributed by atoms with E-state index in [0.717, 1.165) is 5.56 Å². The van der Waals surface area contributed by atoms with Crippen LogP contribution >= 0.6 is 0 Å². The van der Waals surface area contributed by atoms with Crippen LogP contribution in [-0.4, -0.2) is 41.1 Å². The standard InChI is InChI=1S/C14H17NO4/c1-10-12(16)7-15(14(10)18)8-13(17)19-9-11-5-3-2-4-6-11/h2-6,10,12,16H,7-9H2,1H3. The van der Waals surface area contributed by atoms with E-state index in [1.54, 1.807) is 6.92 Å². The summed E-state index contributed by atoms with van der Waals surface area (Å²) in [5.41, 5.74) is 0.900. The number of aliphatic hydroxyl groups excluding tert-OH is 1. The van der Waals surface area contributed by atoms with Crippen molar-refractivity contribution >= 4 is 11.9 Å². The van der Waals surface area contributed by atoms with Gasteiger partial charge in [-0.25, -0.2) is 0 Å². The van der Waals surface area contributed by atoms with Crippen LogP contribution in [0.3, 0.4) is 0 Å². The summed E-state index contributed by atoms with van der Waals surface area (Å²) in [5, 5.41) is 9.54. The summed E-state index contributed by atoms with van der Waals surface area (Å²) >= 11 is 0. The van der Waals surface area contributed by atoms with E-state index >= 15 is 0 Å². The Morgan fingerprint density at radius 2 is 2.11 bits per heavy atom. The van der Waals surface area contributed by atoms with E-state index in [1.165, 1.54) is 4.90 Å². The van der Waals surface area contributed by atoms with Crippen LogP contribution < -0.4 is 0 Å². The summed E-state index contributed by atoms with van der Waals surface area (Å²) in [4.78, 5) is 24.7. The summed E-state index contributed by atoms with van der Waals surface area (Å²) in [5.74, 6) is -1.11. The molecule has 0 aromatic heterocycles. The van der Waals surface area contributed by atoms with Crippen molar-refractivity contribution < 1.29 is 19.4 Å². The molecule has 2 unspecified atom stereocenters. The minimum Gasteiger partial charge on any atom is -0.459 e. The van der Waals surface area contributed by atoms with E-state index in [-0.39, 0.29) is 25.6 Å². The van der Waals surface area contributed by atoms with E-state index in [2.05, 4.69) is 0 Å². The third kappa shape index (κ3) is 3.32. The van der Waals surface area contributed by atoms with Crippen LogP contribution in [0.2, 0.25) is 0 Å². The summed E-state index contributed by atoms with van der Waals surface area (Å²) in [7, 11) is 0. The zero-order valence-electron chi connectivity index (χ0n) is 10.8. The van der Waals surface area contributed by atoms with Gasteiger partial charge in [0.05, 0.1) is 12.0 Å². The highest BCUT2D eigenvalue weighted by Crippen LogP contribution is 2.17. The van der Waals surface area contributed by atoms with Crippen LogP contribution in [0.25, 0.3) is 0 Å². The molecule has 5 heteroatoms. The van der Waals surface area contributed by atoms with E-state index in [1.807, 2.05) is 30.3 Å². The molecule has 1 aliphatic heterocycles. The average molecular weight is 263 g/mol. The van der Waals surface area contributed by atoms with Crippen molar-refractivity contribution in [1.29, 1.82) is 0 Å². The number of aliphatic hydroxyl groups is 1. The number of benzene rings is 1. The van der Waals surface area contributed by atoms with Crippen LogP contribution in [0, 0.1) is 5.92 Å². The monoisotopic (exact) mass is 263 g/mol. The van der Waals surface area contributed by atoms with Gasteiger partial charge in [-0.2, -0.15) is 0 Å².